The molecule has 1 heterocycles. The minimum atomic E-state index is 0.522. The van der Waals surface area contributed by atoms with Gasteiger partial charge in [0.05, 0.1) is 11.0 Å². The van der Waals surface area contributed by atoms with Crippen molar-refractivity contribution < 1.29 is 4.74 Å². The Balaban J connectivity index is 1.33. The Morgan fingerprint density at radius 3 is 2.50 bits per heavy atom. The molecule has 0 unspecified atom stereocenters. The van der Waals surface area contributed by atoms with Gasteiger partial charge in [0, 0.05) is 25.1 Å². The Kier molecular flexibility index (Phi) is 5.40. The summed E-state index contributed by atoms with van der Waals surface area (Å²) in [6, 6.07) is 15.1. The van der Waals surface area contributed by atoms with Crippen molar-refractivity contribution in [2.75, 3.05) is 0 Å². The third-order valence-electron chi connectivity index (χ3n) is 5.93. The van der Waals surface area contributed by atoms with Gasteiger partial charge in [0.1, 0.15) is 17.3 Å². The number of aryl methyl sites for hydroxylation is 1. The first-order valence-corrected chi connectivity index (χ1v) is 10.5. The van der Waals surface area contributed by atoms with Gasteiger partial charge in [0.25, 0.3) is 0 Å². The van der Waals surface area contributed by atoms with E-state index in [9.17, 15) is 0 Å². The summed E-state index contributed by atoms with van der Waals surface area (Å²) in [7, 11) is 0. The molecule has 0 aliphatic heterocycles. The molecule has 148 valence electrons. The van der Waals surface area contributed by atoms with E-state index >= 15 is 0 Å². The molecule has 0 atom stereocenters. The van der Waals surface area contributed by atoms with E-state index in [0.717, 1.165) is 41.3 Å². The Labute approximate surface area is 167 Å². The molecule has 1 aromatic heterocycles. The van der Waals surface area contributed by atoms with E-state index in [1.165, 1.54) is 31.2 Å². The van der Waals surface area contributed by atoms with Crippen LogP contribution in [-0.4, -0.2) is 16.0 Å². The van der Waals surface area contributed by atoms with Gasteiger partial charge in [-0.25, -0.2) is 4.98 Å². The lowest BCUT2D eigenvalue weighted by Gasteiger charge is -2.34. The van der Waals surface area contributed by atoms with Crippen molar-refractivity contribution in [1.29, 1.82) is 0 Å². The van der Waals surface area contributed by atoms with Crippen molar-refractivity contribution >= 4 is 11.0 Å². The fraction of sp³-hybridized carbons (Fsp3) is 0.458. The van der Waals surface area contributed by atoms with E-state index < -0.39 is 0 Å². The summed E-state index contributed by atoms with van der Waals surface area (Å²) >= 11 is 0. The number of imidazole rings is 1. The minimum absolute atomic E-state index is 0.522. The summed E-state index contributed by atoms with van der Waals surface area (Å²) < 4.78 is 6.03. The first-order chi connectivity index (χ1) is 13.5. The van der Waals surface area contributed by atoms with Crippen LogP contribution in [0.25, 0.3) is 11.0 Å². The molecule has 0 saturated heterocycles. The number of nitrogens with one attached hydrogen (secondary N) is 2. The molecule has 1 fully saturated rings. The number of benzene rings is 2. The average Bonchev–Trinajstić information content (AvgIpc) is 3.11. The van der Waals surface area contributed by atoms with Gasteiger partial charge in [-0.05, 0) is 60.9 Å². The molecule has 0 amide bonds. The van der Waals surface area contributed by atoms with Gasteiger partial charge >= 0.3 is 0 Å². The lowest BCUT2D eigenvalue weighted by Crippen LogP contribution is -2.35. The third-order valence-corrected chi connectivity index (χ3v) is 5.93. The Bertz CT molecular complexity index is 917. The maximum absolute atomic E-state index is 6.03. The van der Waals surface area contributed by atoms with E-state index in [-0.39, 0.29) is 0 Å². The number of aromatic nitrogens is 2. The van der Waals surface area contributed by atoms with Gasteiger partial charge in [-0.15, -0.1) is 0 Å². The van der Waals surface area contributed by atoms with E-state index in [4.69, 9.17) is 4.74 Å². The minimum Gasteiger partial charge on any atom is -0.457 e. The van der Waals surface area contributed by atoms with E-state index in [1.807, 2.05) is 30.3 Å². The van der Waals surface area contributed by atoms with Crippen molar-refractivity contribution in [2.45, 2.75) is 65.5 Å². The third kappa shape index (κ3) is 4.56. The summed E-state index contributed by atoms with van der Waals surface area (Å²) in [5.74, 6) is 2.68. The number of fused-ring (bicyclic) bond motifs is 1. The molecule has 0 bridgehead atoms. The zero-order chi connectivity index (χ0) is 19.6. The maximum atomic E-state index is 6.03. The highest BCUT2D eigenvalue weighted by Crippen LogP contribution is 2.35. The summed E-state index contributed by atoms with van der Waals surface area (Å²) in [5.41, 5.74) is 3.82. The molecule has 1 aliphatic rings. The lowest BCUT2D eigenvalue weighted by atomic mass is 9.75. The molecule has 4 rings (SSSR count). The second-order valence-corrected chi connectivity index (χ2v) is 8.78. The average molecular weight is 378 g/mol. The summed E-state index contributed by atoms with van der Waals surface area (Å²) in [4.78, 5) is 7.90. The molecule has 4 heteroatoms. The maximum Gasteiger partial charge on any atom is 0.129 e. The van der Waals surface area contributed by atoms with E-state index in [1.54, 1.807) is 0 Å². The SMILES string of the molecule is CCc1nc2cc(Oc3ccc(CNC4CCC(C)(C)CC4)cc3)ccc2[nH]1. The van der Waals surface area contributed by atoms with Crippen LogP contribution in [0.4, 0.5) is 0 Å². The molecule has 4 nitrogen and oxygen atoms in total. The quantitative estimate of drug-likeness (QED) is 0.556. The summed E-state index contributed by atoms with van der Waals surface area (Å²) in [5, 5.41) is 3.72. The molecule has 2 N–H and O–H groups in total. The standard InChI is InChI=1S/C24H31N3O/c1-4-23-26-21-10-9-20(15-22(21)27-23)28-19-7-5-17(6-8-19)16-25-18-11-13-24(2,3)14-12-18/h5-10,15,18,25H,4,11-14,16H2,1-3H3,(H,26,27). The molecule has 3 aromatic rings. The molecule has 0 spiro atoms. The fourth-order valence-corrected chi connectivity index (χ4v) is 3.95. The van der Waals surface area contributed by atoms with Crippen LogP contribution < -0.4 is 10.1 Å². The van der Waals surface area contributed by atoms with Gasteiger partial charge < -0.3 is 15.0 Å². The van der Waals surface area contributed by atoms with E-state index in [2.05, 4.69) is 48.2 Å². The van der Waals surface area contributed by atoms with Gasteiger partial charge in [-0.2, -0.15) is 0 Å². The van der Waals surface area contributed by atoms with Gasteiger partial charge in [-0.1, -0.05) is 32.9 Å². The van der Waals surface area contributed by atoms with Crippen LogP contribution in [0, 0.1) is 5.41 Å². The van der Waals surface area contributed by atoms with Crippen LogP contribution in [0.2, 0.25) is 0 Å². The number of rotatable bonds is 6. The van der Waals surface area contributed by atoms with Crippen LogP contribution in [0.5, 0.6) is 11.5 Å². The van der Waals surface area contributed by atoms with Crippen molar-refractivity contribution in [3.8, 4) is 11.5 Å². The van der Waals surface area contributed by atoms with Crippen LogP contribution in [0.1, 0.15) is 57.8 Å². The molecule has 28 heavy (non-hydrogen) atoms. The second-order valence-electron chi connectivity index (χ2n) is 8.78. The number of hydrogen-bond donors (Lipinski definition) is 2. The van der Waals surface area contributed by atoms with Crippen LogP contribution in [0.3, 0.4) is 0 Å². The topological polar surface area (TPSA) is 49.9 Å². The number of aromatic amines is 1. The van der Waals surface area contributed by atoms with Gasteiger partial charge in [-0.3, -0.25) is 0 Å². The highest BCUT2D eigenvalue weighted by Gasteiger charge is 2.26. The molecule has 1 saturated carbocycles. The number of nitrogens with zero attached hydrogens (tertiary/aromatic N) is 1. The van der Waals surface area contributed by atoms with Gasteiger partial charge in [0.2, 0.25) is 0 Å². The molecular formula is C24H31N3O. The van der Waals surface area contributed by atoms with Crippen molar-refractivity contribution in [1.82, 2.24) is 15.3 Å². The highest BCUT2D eigenvalue weighted by molar-refractivity contribution is 5.76. The molecule has 2 aromatic carbocycles. The fourth-order valence-electron chi connectivity index (χ4n) is 3.95. The molecule has 0 radical (unpaired) electrons. The second kappa shape index (κ2) is 7.96. The van der Waals surface area contributed by atoms with Crippen LogP contribution in [0.15, 0.2) is 42.5 Å². The molecular weight excluding hydrogens is 346 g/mol. The van der Waals surface area contributed by atoms with Gasteiger partial charge in [0.15, 0.2) is 0 Å². The predicted octanol–water partition coefficient (Wildman–Crippen LogP) is 5.98. The number of ether oxygens (including phenoxy) is 1. The van der Waals surface area contributed by atoms with E-state index in [0.29, 0.717) is 11.5 Å². The van der Waals surface area contributed by atoms with Crippen molar-refractivity contribution in [3.63, 3.8) is 0 Å². The summed E-state index contributed by atoms with van der Waals surface area (Å²) in [6.45, 7) is 7.79. The Morgan fingerprint density at radius 2 is 1.79 bits per heavy atom. The Hall–Kier alpha value is -2.33. The monoisotopic (exact) mass is 377 g/mol. The van der Waals surface area contributed by atoms with Crippen molar-refractivity contribution in [3.05, 3.63) is 53.9 Å². The first-order valence-electron chi connectivity index (χ1n) is 10.5. The zero-order valence-corrected chi connectivity index (χ0v) is 17.2. The van der Waals surface area contributed by atoms with Crippen LogP contribution >= 0.6 is 0 Å². The first kappa shape index (κ1) is 19.0. The van der Waals surface area contributed by atoms with Crippen molar-refractivity contribution in [2.24, 2.45) is 5.41 Å². The Morgan fingerprint density at radius 1 is 1.07 bits per heavy atom. The normalized spacial score (nSPS) is 17.1. The zero-order valence-electron chi connectivity index (χ0n) is 17.2. The molecule has 1 aliphatic carbocycles. The predicted molar refractivity (Wildman–Crippen MR) is 115 cm³/mol. The number of hydrogen-bond acceptors (Lipinski definition) is 3. The highest BCUT2D eigenvalue weighted by atomic mass is 16.5. The lowest BCUT2D eigenvalue weighted by molar-refractivity contribution is 0.206. The number of H-pyrrole nitrogens is 1. The summed E-state index contributed by atoms with van der Waals surface area (Å²) in [6.07, 6.45) is 6.10. The van der Waals surface area contributed by atoms with Crippen LogP contribution in [-0.2, 0) is 13.0 Å². The largest absolute Gasteiger partial charge is 0.457 e. The smallest absolute Gasteiger partial charge is 0.129 e.